The Labute approximate surface area is 105 Å². The van der Waals surface area contributed by atoms with Crippen LogP contribution in [0.1, 0.15) is 6.42 Å². The molecule has 0 radical (unpaired) electrons. The minimum Gasteiger partial charge on any atom is -0.354 e. The third kappa shape index (κ3) is 3.41. The number of piperazine rings is 1. The van der Waals surface area contributed by atoms with Crippen molar-refractivity contribution in [3.63, 3.8) is 0 Å². The van der Waals surface area contributed by atoms with Crippen LogP contribution in [0.25, 0.3) is 0 Å². The molecule has 1 saturated heterocycles. The van der Waals surface area contributed by atoms with Crippen LogP contribution < -0.4 is 10.6 Å². The molecule has 2 amide bonds. The van der Waals surface area contributed by atoms with Crippen LogP contribution in [0.5, 0.6) is 0 Å². The summed E-state index contributed by atoms with van der Waals surface area (Å²) in [7, 11) is 0. The van der Waals surface area contributed by atoms with E-state index in [4.69, 9.17) is 0 Å². The Morgan fingerprint density at radius 2 is 2.22 bits per heavy atom. The van der Waals surface area contributed by atoms with Crippen molar-refractivity contribution in [2.75, 3.05) is 31.5 Å². The van der Waals surface area contributed by atoms with Gasteiger partial charge in [-0.15, -0.1) is 0 Å². The Balaban J connectivity index is 1.73. The molecule has 1 aromatic rings. The van der Waals surface area contributed by atoms with Gasteiger partial charge in [0, 0.05) is 38.4 Å². The van der Waals surface area contributed by atoms with Gasteiger partial charge in [0.1, 0.15) is 0 Å². The van der Waals surface area contributed by atoms with Crippen LogP contribution in [0.2, 0.25) is 0 Å². The molecular weight excluding hydrogens is 234 g/mol. The molecule has 0 aliphatic carbocycles. The summed E-state index contributed by atoms with van der Waals surface area (Å²) in [5, 5.41) is 5.64. The molecule has 2 N–H and O–H groups in total. The lowest BCUT2D eigenvalue weighted by Gasteiger charge is -2.26. The van der Waals surface area contributed by atoms with Gasteiger partial charge >= 0.3 is 0 Å². The SMILES string of the molecule is O=C1CN(C(=O)CCNc2ncccn2)CCN1. The summed E-state index contributed by atoms with van der Waals surface area (Å²) in [5.41, 5.74) is 0. The first-order chi connectivity index (χ1) is 8.75. The number of carbonyl (C=O) groups is 2. The van der Waals surface area contributed by atoms with Gasteiger partial charge in [0.2, 0.25) is 17.8 Å². The van der Waals surface area contributed by atoms with Crippen LogP contribution in [-0.4, -0.2) is 52.9 Å². The summed E-state index contributed by atoms with van der Waals surface area (Å²) in [5.74, 6) is 0.365. The number of amides is 2. The standard InChI is InChI=1S/C11H15N5O2/c17-9-8-16(7-6-12-9)10(18)2-5-15-11-13-3-1-4-14-11/h1,3-4H,2,5-8H2,(H,12,17)(H,13,14,15). The third-order valence-corrected chi connectivity index (χ3v) is 2.58. The van der Waals surface area contributed by atoms with Gasteiger partial charge in [-0.2, -0.15) is 0 Å². The van der Waals surface area contributed by atoms with Crippen LogP contribution in [0, 0.1) is 0 Å². The largest absolute Gasteiger partial charge is 0.354 e. The predicted octanol–water partition coefficient (Wildman–Crippen LogP) is -0.763. The van der Waals surface area contributed by atoms with Crippen molar-refractivity contribution in [2.45, 2.75) is 6.42 Å². The molecule has 7 nitrogen and oxygen atoms in total. The quantitative estimate of drug-likeness (QED) is 0.732. The summed E-state index contributed by atoms with van der Waals surface area (Å²) in [6, 6.07) is 1.72. The molecule has 1 fully saturated rings. The van der Waals surface area contributed by atoms with E-state index >= 15 is 0 Å². The Hall–Kier alpha value is -2.18. The molecule has 7 heteroatoms. The highest BCUT2D eigenvalue weighted by molar-refractivity contribution is 5.86. The monoisotopic (exact) mass is 249 g/mol. The molecule has 0 saturated carbocycles. The van der Waals surface area contributed by atoms with E-state index in [0.29, 0.717) is 32.0 Å². The second kappa shape index (κ2) is 5.95. The summed E-state index contributed by atoms with van der Waals surface area (Å²) in [4.78, 5) is 32.5. The maximum atomic E-state index is 11.8. The van der Waals surface area contributed by atoms with E-state index in [1.165, 1.54) is 0 Å². The number of nitrogens with zero attached hydrogens (tertiary/aromatic N) is 3. The molecule has 0 aromatic carbocycles. The van der Waals surface area contributed by atoms with Crippen molar-refractivity contribution < 1.29 is 9.59 Å². The van der Waals surface area contributed by atoms with Gasteiger partial charge in [0.15, 0.2) is 0 Å². The number of hydrogen-bond donors (Lipinski definition) is 2. The summed E-state index contributed by atoms with van der Waals surface area (Å²) < 4.78 is 0. The maximum Gasteiger partial charge on any atom is 0.239 e. The molecule has 2 rings (SSSR count). The normalized spacial score (nSPS) is 15.1. The first kappa shape index (κ1) is 12.3. The molecule has 0 atom stereocenters. The van der Waals surface area contributed by atoms with Gasteiger partial charge in [-0.25, -0.2) is 9.97 Å². The fraction of sp³-hybridized carbons (Fsp3) is 0.455. The number of nitrogens with one attached hydrogen (secondary N) is 2. The lowest BCUT2D eigenvalue weighted by atomic mass is 10.3. The summed E-state index contributed by atoms with van der Waals surface area (Å²) >= 11 is 0. The number of anilines is 1. The number of rotatable bonds is 4. The zero-order valence-corrected chi connectivity index (χ0v) is 9.93. The smallest absolute Gasteiger partial charge is 0.239 e. The second-order valence-electron chi connectivity index (χ2n) is 3.91. The molecular formula is C11H15N5O2. The van der Waals surface area contributed by atoms with Crippen molar-refractivity contribution in [1.29, 1.82) is 0 Å². The van der Waals surface area contributed by atoms with E-state index in [2.05, 4.69) is 20.6 Å². The van der Waals surface area contributed by atoms with E-state index in [9.17, 15) is 9.59 Å². The predicted molar refractivity (Wildman–Crippen MR) is 64.7 cm³/mol. The maximum absolute atomic E-state index is 11.8. The van der Waals surface area contributed by atoms with E-state index in [1.807, 2.05) is 0 Å². The van der Waals surface area contributed by atoms with E-state index < -0.39 is 0 Å². The zero-order chi connectivity index (χ0) is 12.8. The first-order valence-electron chi connectivity index (χ1n) is 5.81. The van der Waals surface area contributed by atoms with Crippen LogP contribution in [-0.2, 0) is 9.59 Å². The number of aromatic nitrogens is 2. The second-order valence-corrected chi connectivity index (χ2v) is 3.91. The lowest BCUT2D eigenvalue weighted by Crippen LogP contribution is -2.50. The summed E-state index contributed by atoms with van der Waals surface area (Å²) in [6.07, 6.45) is 3.59. The number of hydrogen-bond acceptors (Lipinski definition) is 5. The van der Waals surface area contributed by atoms with Gasteiger partial charge in [-0.3, -0.25) is 9.59 Å². The molecule has 96 valence electrons. The Morgan fingerprint density at radius 1 is 1.44 bits per heavy atom. The number of carbonyl (C=O) groups excluding carboxylic acids is 2. The van der Waals surface area contributed by atoms with Gasteiger partial charge in [0.25, 0.3) is 0 Å². The van der Waals surface area contributed by atoms with E-state index in [0.717, 1.165) is 0 Å². The molecule has 18 heavy (non-hydrogen) atoms. The molecule has 1 aliphatic rings. The molecule has 0 unspecified atom stereocenters. The van der Waals surface area contributed by atoms with E-state index in [1.54, 1.807) is 23.4 Å². The van der Waals surface area contributed by atoms with Gasteiger partial charge in [0.05, 0.1) is 6.54 Å². The fourth-order valence-electron chi connectivity index (χ4n) is 1.68. The molecule has 1 aromatic heterocycles. The molecule has 2 heterocycles. The van der Waals surface area contributed by atoms with Crippen molar-refractivity contribution in [3.05, 3.63) is 18.5 Å². The van der Waals surface area contributed by atoms with Crippen LogP contribution in [0.15, 0.2) is 18.5 Å². The molecule has 1 aliphatic heterocycles. The highest BCUT2D eigenvalue weighted by atomic mass is 16.2. The van der Waals surface area contributed by atoms with Gasteiger partial charge < -0.3 is 15.5 Å². The van der Waals surface area contributed by atoms with Crippen LogP contribution in [0.4, 0.5) is 5.95 Å². The average molecular weight is 249 g/mol. The van der Waals surface area contributed by atoms with Crippen molar-refractivity contribution in [3.8, 4) is 0 Å². The lowest BCUT2D eigenvalue weighted by molar-refractivity contribution is -0.138. The molecule has 0 spiro atoms. The Kier molecular flexibility index (Phi) is 4.06. The highest BCUT2D eigenvalue weighted by Gasteiger charge is 2.20. The zero-order valence-electron chi connectivity index (χ0n) is 9.93. The highest BCUT2D eigenvalue weighted by Crippen LogP contribution is 1.99. The first-order valence-corrected chi connectivity index (χ1v) is 5.81. The van der Waals surface area contributed by atoms with Crippen molar-refractivity contribution in [2.24, 2.45) is 0 Å². The molecule has 0 bridgehead atoms. The minimum atomic E-state index is -0.103. The van der Waals surface area contributed by atoms with E-state index in [-0.39, 0.29) is 18.4 Å². The Morgan fingerprint density at radius 3 is 2.94 bits per heavy atom. The van der Waals surface area contributed by atoms with Gasteiger partial charge in [-0.05, 0) is 6.07 Å². The minimum absolute atomic E-state index is 0.0340. The van der Waals surface area contributed by atoms with Crippen molar-refractivity contribution >= 4 is 17.8 Å². The van der Waals surface area contributed by atoms with Crippen LogP contribution >= 0.6 is 0 Å². The van der Waals surface area contributed by atoms with Crippen molar-refractivity contribution in [1.82, 2.24) is 20.2 Å². The van der Waals surface area contributed by atoms with Crippen LogP contribution in [0.3, 0.4) is 0 Å². The van der Waals surface area contributed by atoms with Gasteiger partial charge in [-0.1, -0.05) is 0 Å². The summed E-state index contributed by atoms with van der Waals surface area (Å²) in [6.45, 7) is 1.72. The topological polar surface area (TPSA) is 87.2 Å². The fourth-order valence-corrected chi connectivity index (χ4v) is 1.68. The Bertz CT molecular complexity index is 423. The third-order valence-electron chi connectivity index (χ3n) is 2.58. The average Bonchev–Trinajstić information content (AvgIpc) is 2.40.